The summed E-state index contributed by atoms with van der Waals surface area (Å²) in [7, 11) is 0. The fraction of sp³-hybridized carbons (Fsp3) is 0. The van der Waals surface area contributed by atoms with E-state index in [2.05, 4.69) is 0 Å². The van der Waals surface area contributed by atoms with Crippen molar-refractivity contribution in [1.29, 1.82) is 0 Å². The molecule has 0 aliphatic carbocycles. The minimum absolute atomic E-state index is 0. The summed E-state index contributed by atoms with van der Waals surface area (Å²) < 4.78 is 0. The van der Waals surface area contributed by atoms with Crippen molar-refractivity contribution in [1.82, 2.24) is 0 Å². The van der Waals surface area contributed by atoms with Crippen LogP contribution in [0.4, 0.5) is 0 Å². The average molecular weight is 375 g/mol. The van der Waals surface area contributed by atoms with Crippen molar-refractivity contribution < 1.29 is 33.8 Å². The zero-order valence-corrected chi connectivity index (χ0v) is 14.4. The van der Waals surface area contributed by atoms with E-state index < -0.39 is 0 Å². The second-order valence-corrected chi connectivity index (χ2v) is 3.85. The Labute approximate surface area is 154 Å². The predicted octanol–water partition coefficient (Wildman–Crippen LogP) is 5.62. The van der Waals surface area contributed by atoms with Gasteiger partial charge in [-0.3, -0.25) is 0 Å². The Morgan fingerprint density at radius 1 is 0.318 bits per heavy atom. The molecular weight excluding hydrogens is 355 g/mol. The third-order valence-corrected chi connectivity index (χ3v) is 2.22. The average Bonchev–Trinajstić information content (AvgIpc) is 3.40. The van der Waals surface area contributed by atoms with E-state index in [0.717, 1.165) is 0 Å². The minimum atomic E-state index is 0. The molecule has 0 aliphatic heterocycles. The first kappa shape index (κ1) is 22.7. The van der Waals surface area contributed by atoms with Crippen molar-refractivity contribution in [2.24, 2.45) is 0 Å². The number of hydrogen-bond acceptors (Lipinski definition) is 0. The second kappa shape index (κ2) is 19.4. The van der Waals surface area contributed by atoms with Gasteiger partial charge in [0.05, 0.1) is 0 Å². The molecule has 4 rings (SSSR count). The van der Waals surface area contributed by atoms with Gasteiger partial charge in [0.15, 0.2) is 0 Å². The van der Waals surface area contributed by atoms with Gasteiger partial charge < -0.3 is 0 Å². The number of rotatable bonds is 0. The van der Waals surface area contributed by atoms with Gasteiger partial charge in [0.1, 0.15) is 0 Å². The third kappa shape index (κ3) is 16.5. The van der Waals surface area contributed by atoms with Crippen molar-refractivity contribution in [2.45, 2.75) is 0 Å². The van der Waals surface area contributed by atoms with Crippen molar-refractivity contribution in [3.05, 3.63) is 121 Å². The van der Waals surface area contributed by atoms with Crippen molar-refractivity contribution in [2.75, 3.05) is 0 Å². The molecule has 0 aromatic heterocycles. The maximum Gasteiger partial charge on any atom is 2.00 e. The normalized spacial score (nSPS) is 7.27. The Morgan fingerprint density at radius 3 is 0.500 bits per heavy atom. The molecule has 0 amide bonds. The molecule has 117 valence electrons. The van der Waals surface area contributed by atoms with Crippen LogP contribution in [0.3, 0.4) is 0 Å². The van der Waals surface area contributed by atoms with Crippen molar-refractivity contribution in [3.63, 3.8) is 0 Å². The molecule has 0 atom stereocenters. The molecule has 0 heterocycles. The van der Waals surface area contributed by atoms with Gasteiger partial charge in [0, 0.05) is 0 Å². The Hall–Kier alpha value is -1.57. The summed E-state index contributed by atoms with van der Waals surface area (Å²) in [6.45, 7) is 0. The van der Waals surface area contributed by atoms with Gasteiger partial charge in [0.2, 0.25) is 0 Å². The van der Waals surface area contributed by atoms with Crippen LogP contribution < -0.4 is 0 Å². The molecule has 0 saturated carbocycles. The van der Waals surface area contributed by atoms with Gasteiger partial charge in [-0.05, 0) is 0 Å². The van der Waals surface area contributed by atoms with E-state index in [1.54, 1.807) is 0 Å². The minimum Gasteiger partial charge on any atom is -0.214 e. The third-order valence-electron chi connectivity index (χ3n) is 2.22. The number of hydrogen-bond donors (Lipinski definition) is 0. The van der Waals surface area contributed by atoms with Crippen LogP contribution in [-0.4, -0.2) is 0 Å². The topological polar surface area (TPSA) is 0 Å². The van der Waals surface area contributed by atoms with Crippen LogP contribution in [0, 0.1) is 0 Å². The van der Waals surface area contributed by atoms with Crippen LogP contribution in [0.15, 0.2) is 121 Å². The van der Waals surface area contributed by atoms with Gasteiger partial charge in [-0.2, -0.15) is 72.8 Å². The zero-order valence-electron chi connectivity index (χ0n) is 12.2. The van der Waals surface area contributed by atoms with Gasteiger partial charge in [0.25, 0.3) is 0 Å². The van der Waals surface area contributed by atoms with E-state index >= 15 is 0 Å². The quantitative estimate of drug-likeness (QED) is 0.277. The Kier molecular flexibility index (Phi) is 20.0. The van der Waals surface area contributed by atoms with E-state index in [0.29, 0.717) is 0 Å². The summed E-state index contributed by atoms with van der Waals surface area (Å²) in [5, 5.41) is 0. The SMILES string of the molecule is [Co+2].[Fe+2].c1cc[cH-]c1.c1cc[cH-]c1.c1cc[cH-]c1.c1cc[cH-]c1. The Balaban J connectivity index is 0. The molecule has 1 radical (unpaired) electrons. The first-order valence-electron chi connectivity index (χ1n) is 6.67. The summed E-state index contributed by atoms with van der Waals surface area (Å²) in [5.41, 5.74) is 0. The van der Waals surface area contributed by atoms with E-state index in [-0.39, 0.29) is 33.8 Å². The van der Waals surface area contributed by atoms with Crippen LogP contribution in [0.2, 0.25) is 0 Å². The Bertz CT molecular complexity index is 343. The van der Waals surface area contributed by atoms with E-state index in [9.17, 15) is 0 Å². The summed E-state index contributed by atoms with van der Waals surface area (Å²) >= 11 is 0. The second-order valence-electron chi connectivity index (χ2n) is 3.85. The Morgan fingerprint density at radius 2 is 0.455 bits per heavy atom. The molecule has 0 nitrogen and oxygen atoms in total. The first-order chi connectivity index (χ1) is 10.0. The molecule has 22 heavy (non-hydrogen) atoms. The summed E-state index contributed by atoms with van der Waals surface area (Å²) in [6, 6.07) is 40.0. The summed E-state index contributed by atoms with van der Waals surface area (Å²) in [6.07, 6.45) is 0. The molecule has 4 aromatic rings. The van der Waals surface area contributed by atoms with Gasteiger partial charge >= 0.3 is 33.8 Å². The van der Waals surface area contributed by atoms with Crippen LogP contribution in [0.25, 0.3) is 0 Å². The molecular formula is C20H20CoFe. The largest absolute Gasteiger partial charge is 2.00 e. The molecule has 0 bridgehead atoms. The van der Waals surface area contributed by atoms with Crippen molar-refractivity contribution in [3.8, 4) is 0 Å². The summed E-state index contributed by atoms with van der Waals surface area (Å²) in [5.74, 6) is 0. The molecule has 2 heteroatoms. The molecule has 0 N–H and O–H groups in total. The van der Waals surface area contributed by atoms with Crippen LogP contribution in [0.5, 0.6) is 0 Å². The molecule has 4 aromatic carbocycles. The smallest absolute Gasteiger partial charge is 0.214 e. The molecule has 0 spiro atoms. The van der Waals surface area contributed by atoms with Crippen molar-refractivity contribution >= 4 is 0 Å². The zero-order chi connectivity index (χ0) is 14.1. The molecule has 0 aliphatic rings. The fourth-order valence-electron chi connectivity index (χ4n) is 1.28. The summed E-state index contributed by atoms with van der Waals surface area (Å²) in [4.78, 5) is 0. The molecule has 0 unspecified atom stereocenters. The van der Waals surface area contributed by atoms with Gasteiger partial charge in [-0.1, -0.05) is 0 Å². The van der Waals surface area contributed by atoms with E-state index in [4.69, 9.17) is 0 Å². The molecule has 0 fully saturated rings. The molecule has 0 saturated heterocycles. The van der Waals surface area contributed by atoms with E-state index in [1.165, 1.54) is 0 Å². The monoisotopic (exact) mass is 375 g/mol. The van der Waals surface area contributed by atoms with Crippen LogP contribution in [-0.2, 0) is 33.8 Å². The van der Waals surface area contributed by atoms with Crippen LogP contribution in [0.1, 0.15) is 0 Å². The van der Waals surface area contributed by atoms with Gasteiger partial charge in [-0.15, -0.1) is 0 Å². The maximum absolute atomic E-state index is 2.00. The fourth-order valence-corrected chi connectivity index (χ4v) is 1.28. The maximum atomic E-state index is 2.00. The van der Waals surface area contributed by atoms with E-state index in [1.807, 2.05) is 121 Å². The standard InChI is InChI=1S/4C5H5.Co.Fe/c4*1-2-4-5-3-1;;/h4*1-5H;;/q4*-1;2*+2. The predicted molar refractivity (Wildman–Crippen MR) is 88.1 cm³/mol. The first-order valence-corrected chi connectivity index (χ1v) is 6.67. The van der Waals surface area contributed by atoms with Gasteiger partial charge in [-0.25, -0.2) is 48.5 Å². The van der Waals surface area contributed by atoms with Crippen LogP contribution >= 0.6 is 0 Å².